The van der Waals surface area contributed by atoms with Crippen molar-refractivity contribution in [3.8, 4) is 6.07 Å². The normalized spacial score (nSPS) is 17.6. The van der Waals surface area contributed by atoms with Gasteiger partial charge in [0.2, 0.25) is 0 Å². The molecule has 0 amide bonds. The molecule has 0 saturated heterocycles. The molecule has 1 aromatic carbocycles. The molecule has 1 unspecified atom stereocenters. The lowest BCUT2D eigenvalue weighted by molar-refractivity contribution is 0.472. The van der Waals surface area contributed by atoms with E-state index < -0.39 is 0 Å². The maximum atomic E-state index is 9.31. The number of nitrogens with zero attached hydrogens (tertiary/aromatic N) is 1. The third-order valence-corrected chi connectivity index (χ3v) is 4.39. The van der Waals surface area contributed by atoms with Crippen LogP contribution >= 0.6 is 23.2 Å². The van der Waals surface area contributed by atoms with Crippen molar-refractivity contribution in [3.63, 3.8) is 0 Å². The van der Waals surface area contributed by atoms with E-state index >= 15 is 0 Å². The van der Waals surface area contributed by atoms with E-state index in [2.05, 4.69) is 6.07 Å². The van der Waals surface area contributed by atoms with Gasteiger partial charge in [-0.1, -0.05) is 55.0 Å². The summed E-state index contributed by atoms with van der Waals surface area (Å²) in [5.74, 6) is 0.710. The van der Waals surface area contributed by atoms with E-state index in [-0.39, 0.29) is 5.92 Å². The smallest absolute Gasteiger partial charge is 0.0727 e. The van der Waals surface area contributed by atoms with Crippen LogP contribution in [0.5, 0.6) is 0 Å². The minimum atomic E-state index is -0.102. The Labute approximate surface area is 119 Å². The van der Waals surface area contributed by atoms with Crippen LogP contribution in [0.4, 0.5) is 0 Å². The molecule has 1 saturated carbocycles. The monoisotopic (exact) mass is 281 g/mol. The quantitative estimate of drug-likeness (QED) is 0.708. The lowest BCUT2D eigenvalue weighted by atomic mass is 9.91. The average Bonchev–Trinajstić information content (AvgIpc) is 2.85. The lowest BCUT2D eigenvalue weighted by Crippen LogP contribution is -2.01. The van der Waals surface area contributed by atoms with Crippen LogP contribution in [0.15, 0.2) is 18.2 Å². The van der Waals surface area contributed by atoms with Crippen molar-refractivity contribution < 1.29 is 0 Å². The molecule has 1 atom stereocenters. The van der Waals surface area contributed by atoms with Gasteiger partial charge in [0, 0.05) is 10.0 Å². The number of hydrogen-bond acceptors (Lipinski definition) is 1. The Kier molecular flexibility index (Phi) is 4.92. The van der Waals surface area contributed by atoms with Crippen molar-refractivity contribution in [1.82, 2.24) is 0 Å². The second-order valence-corrected chi connectivity index (χ2v) is 5.92. The molecule has 1 aromatic rings. The SMILES string of the molecule is N#CC(CCC1CCCC1)c1ccc(Cl)cc1Cl. The molecule has 1 fully saturated rings. The van der Waals surface area contributed by atoms with E-state index in [0.29, 0.717) is 10.0 Å². The Morgan fingerprint density at radius 3 is 2.61 bits per heavy atom. The molecule has 0 heterocycles. The summed E-state index contributed by atoms with van der Waals surface area (Å²) in [5.41, 5.74) is 0.918. The first kappa shape index (κ1) is 13.7. The van der Waals surface area contributed by atoms with E-state index in [0.717, 1.165) is 24.3 Å². The third kappa shape index (κ3) is 3.40. The molecule has 1 nitrogen and oxygen atoms in total. The second kappa shape index (κ2) is 6.45. The van der Waals surface area contributed by atoms with Crippen LogP contribution in [-0.2, 0) is 0 Å². The van der Waals surface area contributed by atoms with Gasteiger partial charge in [-0.15, -0.1) is 0 Å². The summed E-state index contributed by atoms with van der Waals surface area (Å²) < 4.78 is 0. The van der Waals surface area contributed by atoms with Gasteiger partial charge in [-0.05, 0) is 36.5 Å². The van der Waals surface area contributed by atoms with Crippen molar-refractivity contribution in [2.75, 3.05) is 0 Å². The second-order valence-electron chi connectivity index (χ2n) is 5.08. The average molecular weight is 282 g/mol. The molecule has 0 aromatic heterocycles. The Balaban J connectivity index is 2.01. The van der Waals surface area contributed by atoms with Crippen LogP contribution in [0, 0.1) is 17.2 Å². The molecule has 96 valence electrons. The van der Waals surface area contributed by atoms with Gasteiger partial charge in [0.25, 0.3) is 0 Å². The predicted molar refractivity (Wildman–Crippen MR) is 76.0 cm³/mol. The van der Waals surface area contributed by atoms with Gasteiger partial charge < -0.3 is 0 Å². The highest BCUT2D eigenvalue weighted by Gasteiger charge is 2.19. The fraction of sp³-hybridized carbons (Fsp3) is 0.533. The highest BCUT2D eigenvalue weighted by Crippen LogP contribution is 2.34. The van der Waals surface area contributed by atoms with E-state index in [1.54, 1.807) is 6.07 Å². The van der Waals surface area contributed by atoms with Gasteiger partial charge in [-0.2, -0.15) is 5.26 Å². The first-order valence-corrected chi connectivity index (χ1v) is 7.31. The molecule has 1 aliphatic carbocycles. The standard InChI is InChI=1S/C15H17Cl2N/c16-13-7-8-14(15(17)9-13)12(10-18)6-5-11-3-1-2-4-11/h7-9,11-12H,1-6H2. The number of halogens is 2. The maximum absolute atomic E-state index is 9.31. The third-order valence-electron chi connectivity index (χ3n) is 3.83. The Morgan fingerprint density at radius 2 is 2.00 bits per heavy atom. The van der Waals surface area contributed by atoms with Crippen LogP contribution in [0.3, 0.4) is 0 Å². The van der Waals surface area contributed by atoms with Gasteiger partial charge in [0.15, 0.2) is 0 Å². The van der Waals surface area contributed by atoms with Gasteiger partial charge in [0.1, 0.15) is 0 Å². The molecule has 0 spiro atoms. The van der Waals surface area contributed by atoms with Gasteiger partial charge in [0.05, 0.1) is 12.0 Å². The van der Waals surface area contributed by atoms with E-state index in [9.17, 15) is 5.26 Å². The number of rotatable bonds is 4. The predicted octanol–water partition coefficient (Wildman–Crippen LogP) is 5.57. The van der Waals surface area contributed by atoms with E-state index in [1.165, 1.54) is 25.7 Å². The van der Waals surface area contributed by atoms with Crippen molar-refractivity contribution in [3.05, 3.63) is 33.8 Å². The summed E-state index contributed by atoms with van der Waals surface area (Å²) >= 11 is 12.0. The highest BCUT2D eigenvalue weighted by atomic mass is 35.5. The van der Waals surface area contributed by atoms with Crippen LogP contribution in [0.2, 0.25) is 10.0 Å². The number of benzene rings is 1. The van der Waals surface area contributed by atoms with E-state index in [4.69, 9.17) is 23.2 Å². The van der Waals surface area contributed by atoms with Crippen molar-refractivity contribution in [2.45, 2.75) is 44.4 Å². The first-order chi connectivity index (χ1) is 8.70. The Hall–Kier alpha value is -0.710. The molecule has 0 aliphatic heterocycles. The topological polar surface area (TPSA) is 23.8 Å². The van der Waals surface area contributed by atoms with Crippen molar-refractivity contribution in [1.29, 1.82) is 5.26 Å². The van der Waals surface area contributed by atoms with Crippen LogP contribution in [0.25, 0.3) is 0 Å². The molecule has 0 bridgehead atoms. The van der Waals surface area contributed by atoms with Crippen LogP contribution in [0.1, 0.15) is 50.0 Å². The minimum absolute atomic E-state index is 0.102. The van der Waals surface area contributed by atoms with Crippen LogP contribution in [-0.4, -0.2) is 0 Å². The molecular formula is C15H17Cl2N. The largest absolute Gasteiger partial charge is 0.198 e. The summed E-state index contributed by atoms with van der Waals surface area (Å²) in [4.78, 5) is 0. The van der Waals surface area contributed by atoms with Gasteiger partial charge >= 0.3 is 0 Å². The lowest BCUT2D eigenvalue weighted by Gasteiger charge is -2.14. The molecule has 0 N–H and O–H groups in total. The van der Waals surface area contributed by atoms with E-state index in [1.807, 2.05) is 12.1 Å². The van der Waals surface area contributed by atoms with Crippen molar-refractivity contribution in [2.24, 2.45) is 5.92 Å². The summed E-state index contributed by atoms with van der Waals surface area (Å²) in [6, 6.07) is 7.79. The molecule has 2 rings (SSSR count). The van der Waals surface area contributed by atoms with Gasteiger partial charge in [-0.3, -0.25) is 0 Å². The summed E-state index contributed by atoms with van der Waals surface area (Å²) in [6.45, 7) is 0. The molecule has 18 heavy (non-hydrogen) atoms. The van der Waals surface area contributed by atoms with Crippen molar-refractivity contribution >= 4 is 23.2 Å². The molecule has 1 aliphatic rings. The Morgan fingerprint density at radius 1 is 1.28 bits per heavy atom. The summed E-state index contributed by atoms with van der Waals surface area (Å²) in [5, 5.41) is 10.5. The Bertz CT molecular complexity index is 444. The fourth-order valence-electron chi connectivity index (χ4n) is 2.78. The zero-order valence-electron chi connectivity index (χ0n) is 10.3. The zero-order valence-corrected chi connectivity index (χ0v) is 11.8. The summed E-state index contributed by atoms with van der Waals surface area (Å²) in [7, 11) is 0. The summed E-state index contributed by atoms with van der Waals surface area (Å²) in [6.07, 6.45) is 7.39. The molecule has 3 heteroatoms. The fourth-order valence-corrected chi connectivity index (χ4v) is 3.32. The number of nitriles is 1. The van der Waals surface area contributed by atoms with Crippen LogP contribution < -0.4 is 0 Å². The molecular weight excluding hydrogens is 265 g/mol. The maximum Gasteiger partial charge on any atom is 0.0727 e. The highest BCUT2D eigenvalue weighted by molar-refractivity contribution is 6.35. The first-order valence-electron chi connectivity index (χ1n) is 6.55. The number of hydrogen-bond donors (Lipinski definition) is 0. The molecule has 0 radical (unpaired) electrons. The van der Waals surface area contributed by atoms with Gasteiger partial charge in [-0.25, -0.2) is 0 Å². The minimum Gasteiger partial charge on any atom is -0.198 e. The zero-order chi connectivity index (χ0) is 13.0.